The lowest BCUT2D eigenvalue weighted by atomic mass is 9.93. The maximum absolute atomic E-state index is 13.3. The number of benzene rings is 1. The molecule has 9 nitrogen and oxygen atoms in total. The fourth-order valence-electron chi connectivity index (χ4n) is 4.46. The van der Waals surface area contributed by atoms with E-state index in [1.54, 1.807) is 37.4 Å². The van der Waals surface area contributed by atoms with Gasteiger partial charge in [-0.25, -0.2) is 4.79 Å². The van der Waals surface area contributed by atoms with Crippen molar-refractivity contribution in [1.29, 1.82) is 0 Å². The van der Waals surface area contributed by atoms with Crippen LogP contribution in [0.4, 0.5) is 4.79 Å². The average molecular weight is 563 g/mol. The zero-order valence-corrected chi connectivity index (χ0v) is 25.2. The molecule has 1 aliphatic rings. The molecule has 1 aromatic carbocycles. The summed E-state index contributed by atoms with van der Waals surface area (Å²) >= 11 is 1.60. The average Bonchev–Trinajstić information content (AvgIpc) is 2.88. The third-order valence-electron chi connectivity index (χ3n) is 6.68. The Morgan fingerprint density at radius 2 is 1.62 bits per heavy atom. The van der Waals surface area contributed by atoms with E-state index in [4.69, 9.17) is 4.74 Å². The van der Waals surface area contributed by atoms with Gasteiger partial charge < -0.3 is 25.6 Å². The SMILES string of the molecule is CSCC[C@H](NC(=O)OC(C)(C)C)C(=O)N1CCC(C(=O)N[C@@H](C(=O)N[C@H](C)c2ccccc2)C(C)C)CC1. The zero-order valence-electron chi connectivity index (χ0n) is 24.4. The second-order valence-electron chi connectivity index (χ2n) is 11.5. The highest BCUT2D eigenvalue weighted by molar-refractivity contribution is 7.98. The molecule has 1 aromatic rings. The van der Waals surface area contributed by atoms with Gasteiger partial charge in [0.2, 0.25) is 17.7 Å². The van der Waals surface area contributed by atoms with Crippen LogP contribution in [0.3, 0.4) is 0 Å². The van der Waals surface area contributed by atoms with Crippen molar-refractivity contribution in [3.8, 4) is 0 Å². The molecule has 1 fully saturated rings. The summed E-state index contributed by atoms with van der Waals surface area (Å²) in [5, 5.41) is 8.70. The highest BCUT2D eigenvalue weighted by atomic mass is 32.2. The van der Waals surface area contributed by atoms with Gasteiger partial charge in [0.15, 0.2) is 0 Å². The fourth-order valence-corrected chi connectivity index (χ4v) is 4.93. The van der Waals surface area contributed by atoms with Crippen molar-refractivity contribution in [2.75, 3.05) is 25.1 Å². The van der Waals surface area contributed by atoms with Gasteiger partial charge in [-0.3, -0.25) is 14.4 Å². The number of rotatable bonds is 11. The minimum Gasteiger partial charge on any atom is -0.444 e. The Hall–Kier alpha value is -2.75. The Morgan fingerprint density at radius 1 is 1.00 bits per heavy atom. The van der Waals surface area contributed by atoms with Crippen molar-refractivity contribution < 1.29 is 23.9 Å². The van der Waals surface area contributed by atoms with Crippen LogP contribution in [0.1, 0.15) is 72.4 Å². The normalized spacial score (nSPS) is 16.7. The molecule has 0 spiro atoms. The van der Waals surface area contributed by atoms with E-state index < -0.39 is 23.8 Å². The molecule has 218 valence electrons. The Kier molecular flexibility index (Phi) is 12.6. The van der Waals surface area contributed by atoms with E-state index in [0.29, 0.717) is 38.1 Å². The van der Waals surface area contributed by atoms with E-state index in [-0.39, 0.29) is 35.6 Å². The van der Waals surface area contributed by atoms with E-state index in [1.165, 1.54) is 0 Å². The number of hydrogen-bond donors (Lipinski definition) is 3. The molecule has 1 saturated heterocycles. The van der Waals surface area contributed by atoms with Gasteiger partial charge in [0.1, 0.15) is 17.7 Å². The van der Waals surface area contributed by atoms with Crippen LogP contribution in [0.2, 0.25) is 0 Å². The molecule has 0 radical (unpaired) electrons. The molecule has 1 aliphatic heterocycles. The van der Waals surface area contributed by atoms with Crippen LogP contribution in [-0.2, 0) is 19.1 Å². The monoisotopic (exact) mass is 562 g/mol. The summed E-state index contributed by atoms with van der Waals surface area (Å²) in [6.45, 7) is 11.9. The number of ether oxygens (including phenoxy) is 1. The van der Waals surface area contributed by atoms with Crippen LogP contribution in [0.25, 0.3) is 0 Å². The molecule has 0 saturated carbocycles. The zero-order chi connectivity index (χ0) is 29.2. The largest absolute Gasteiger partial charge is 0.444 e. The minimum atomic E-state index is -0.682. The van der Waals surface area contributed by atoms with Crippen LogP contribution in [-0.4, -0.2) is 71.5 Å². The van der Waals surface area contributed by atoms with E-state index in [1.807, 2.05) is 57.4 Å². The van der Waals surface area contributed by atoms with Crippen molar-refractivity contribution in [3.05, 3.63) is 35.9 Å². The lowest BCUT2D eigenvalue weighted by Gasteiger charge is -2.35. The molecule has 2 rings (SSSR count). The third kappa shape index (κ3) is 10.7. The van der Waals surface area contributed by atoms with Crippen molar-refractivity contribution in [2.45, 2.75) is 84.5 Å². The van der Waals surface area contributed by atoms with E-state index >= 15 is 0 Å². The summed E-state index contributed by atoms with van der Waals surface area (Å²) in [6.07, 6.45) is 2.81. The number of alkyl carbamates (subject to hydrolysis) is 1. The summed E-state index contributed by atoms with van der Waals surface area (Å²) < 4.78 is 5.35. The van der Waals surface area contributed by atoms with Gasteiger partial charge in [0.05, 0.1) is 6.04 Å². The van der Waals surface area contributed by atoms with Crippen molar-refractivity contribution >= 4 is 35.6 Å². The Balaban J connectivity index is 1.94. The highest BCUT2D eigenvalue weighted by Crippen LogP contribution is 2.20. The highest BCUT2D eigenvalue weighted by Gasteiger charge is 2.34. The molecule has 0 aliphatic carbocycles. The molecular weight excluding hydrogens is 516 g/mol. The van der Waals surface area contributed by atoms with Gasteiger partial charge in [0, 0.05) is 19.0 Å². The van der Waals surface area contributed by atoms with Gasteiger partial charge in [-0.1, -0.05) is 44.2 Å². The molecular formula is C29H46N4O5S. The van der Waals surface area contributed by atoms with Gasteiger partial charge in [-0.2, -0.15) is 11.8 Å². The second-order valence-corrected chi connectivity index (χ2v) is 12.4. The lowest BCUT2D eigenvalue weighted by Crippen LogP contribution is -2.54. The summed E-state index contributed by atoms with van der Waals surface area (Å²) in [5.74, 6) is -0.218. The molecule has 3 N–H and O–H groups in total. The number of nitrogens with zero attached hydrogens (tertiary/aromatic N) is 1. The first kappa shape index (κ1) is 32.5. The molecule has 0 aromatic heterocycles. The molecule has 4 amide bonds. The number of carbonyl (C=O) groups is 4. The minimum absolute atomic E-state index is 0.0882. The van der Waals surface area contributed by atoms with Crippen molar-refractivity contribution in [1.82, 2.24) is 20.9 Å². The van der Waals surface area contributed by atoms with Gasteiger partial charge >= 0.3 is 6.09 Å². The number of amides is 4. The van der Waals surface area contributed by atoms with Gasteiger partial charge in [-0.15, -0.1) is 0 Å². The first-order valence-electron chi connectivity index (χ1n) is 13.7. The third-order valence-corrected chi connectivity index (χ3v) is 7.33. The molecule has 3 atom stereocenters. The topological polar surface area (TPSA) is 117 Å². The van der Waals surface area contributed by atoms with Crippen molar-refractivity contribution in [2.24, 2.45) is 11.8 Å². The van der Waals surface area contributed by atoms with Crippen LogP contribution in [0.15, 0.2) is 30.3 Å². The number of nitrogens with one attached hydrogen (secondary N) is 3. The summed E-state index contributed by atoms with van der Waals surface area (Å²) in [6, 6.07) is 8.17. The maximum atomic E-state index is 13.3. The van der Waals surface area contributed by atoms with Crippen LogP contribution < -0.4 is 16.0 Å². The van der Waals surface area contributed by atoms with E-state index in [2.05, 4.69) is 16.0 Å². The standard InChI is InChI=1S/C29H46N4O5S/c1-19(2)24(26(35)30-20(3)21-11-9-8-10-12-21)32-25(34)22-13-16-33(17-14-22)27(36)23(15-18-39-7)31-28(37)38-29(4,5)6/h8-12,19-20,22-24H,13-18H2,1-7H3,(H,30,35)(H,31,37)(H,32,34)/t20-,23+,24-/m1/s1. The quantitative estimate of drug-likeness (QED) is 0.377. The number of thioether (sulfide) groups is 1. The van der Waals surface area contributed by atoms with Crippen LogP contribution in [0.5, 0.6) is 0 Å². The predicted octanol–water partition coefficient (Wildman–Crippen LogP) is 3.89. The van der Waals surface area contributed by atoms with Crippen LogP contribution in [0, 0.1) is 11.8 Å². The number of hydrogen-bond acceptors (Lipinski definition) is 6. The van der Waals surface area contributed by atoms with E-state index in [0.717, 1.165) is 5.56 Å². The second kappa shape index (κ2) is 15.1. The first-order chi connectivity index (χ1) is 18.3. The van der Waals surface area contributed by atoms with Gasteiger partial charge in [0.25, 0.3) is 0 Å². The summed E-state index contributed by atoms with van der Waals surface area (Å²) in [4.78, 5) is 53.5. The van der Waals surface area contributed by atoms with E-state index in [9.17, 15) is 19.2 Å². The molecule has 39 heavy (non-hydrogen) atoms. The Bertz CT molecular complexity index is 958. The number of likely N-dealkylation sites (tertiary alicyclic amines) is 1. The summed E-state index contributed by atoms with van der Waals surface area (Å²) in [5.41, 5.74) is 0.335. The van der Waals surface area contributed by atoms with Crippen molar-refractivity contribution in [3.63, 3.8) is 0 Å². The smallest absolute Gasteiger partial charge is 0.408 e. The number of carbonyl (C=O) groups excluding carboxylic acids is 4. The van der Waals surface area contributed by atoms with Gasteiger partial charge in [-0.05, 0) is 70.4 Å². The molecule has 1 heterocycles. The fraction of sp³-hybridized carbons (Fsp3) is 0.655. The predicted molar refractivity (Wildman–Crippen MR) is 155 cm³/mol. The molecule has 0 bridgehead atoms. The number of piperidine rings is 1. The molecule has 0 unspecified atom stereocenters. The Morgan fingerprint density at radius 3 is 2.15 bits per heavy atom. The Labute approximate surface area is 237 Å². The van der Waals surface area contributed by atoms with Crippen LogP contribution >= 0.6 is 11.8 Å². The maximum Gasteiger partial charge on any atom is 0.408 e. The first-order valence-corrected chi connectivity index (χ1v) is 15.1. The molecule has 10 heteroatoms. The lowest BCUT2D eigenvalue weighted by molar-refractivity contribution is -0.138. The summed E-state index contributed by atoms with van der Waals surface area (Å²) in [7, 11) is 0.